The molecule has 0 atom stereocenters. The number of ketones is 1. The number of rotatable bonds is 4. The molecule has 0 bridgehead atoms. The van der Waals surface area contributed by atoms with Crippen LogP contribution in [0, 0.1) is 0 Å². The highest BCUT2D eigenvalue weighted by Gasteiger charge is 2.11. The van der Waals surface area contributed by atoms with Gasteiger partial charge in [0.05, 0.1) is 11.8 Å². The smallest absolute Gasteiger partial charge is 0.198 e. The first-order valence-corrected chi connectivity index (χ1v) is 7.89. The van der Waals surface area contributed by atoms with Crippen molar-refractivity contribution in [3.8, 4) is 11.6 Å². The Morgan fingerprint density at radius 3 is 2.48 bits per heavy atom. The third-order valence-corrected chi connectivity index (χ3v) is 3.90. The summed E-state index contributed by atoms with van der Waals surface area (Å²) in [6, 6.07) is 18.7. The number of Topliss-reactive ketones (excluding diaryl/α,β-unsaturated/α-hetero) is 1. The SMILES string of the molecule is CC(=O)c1ccc(Nc2nc(-c3ccco3)nc3ccccc23)cc1. The van der Waals surface area contributed by atoms with Gasteiger partial charge in [-0.3, -0.25) is 4.79 Å². The summed E-state index contributed by atoms with van der Waals surface area (Å²) in [5.74, 6) is 1.86. The molecule has 2 heterocycles. The predicted molar refractivity (Wildman–Crippen MR) is 97.0 cm³/mol. The van der Waals surface area contributed by atoms with Crippen molar-refractivity contribution in [3.05, 3.63) is 72.5 Å². The third-order valence-electron chi connectivity index (χ3n) is 3.90. The number of para-hydroxylation sites is 1. The van der Waals surface area contributed by atoms with Crippen molar-refractivity contribution in [1.82, 2.24) is 9.97 Å². The molecule has 5 nitrogen and oxygen atoms in total. The van der Waals surface area contributed by atoms with Crippen LogP contribution >= 0.6 is 0 Å². The van der Waals surface area contributed by atoms with E-state index < -0.39 is 0 Å². The summed E-state index contributed by atoms with van der Waals surface area (Å²) in [5.41, 5.74) is 2.35. The molecule has 0 radical (unpaired) electrons. The van der Waals surface area contributed by atoms with Gasteiger partial charge in [-0.2, -0.15) is 0 Å². The lowest BCUT2D eigenvalue weighted by atomic mass is 10.1. The molecule has 4 rings (SSSR count). The monoisotopic (exact) mass is 329 g/mol. The largest absolute Gasteiger partial charge is 0.461 e. The fourth-order valence-corrected chi connectivity index (χ4v) is 2.61. The first-order chi connectivity index (χ1) is 12.2. The Kier molecular flexibility index (Phi) is 3.74. The second-order valence-electron chi connectivity index (χ2n) is 5.65. The number of nitrogens with one attached hydrogen (secondary N) is 1. The van der Waals surface area contributed by atoms with Crippen molar-refractivity contribution >= 4 is 28.2 Å². The van der Waals surface area contributed by atoms with E-state index in [-0.39, 0.29) is 5.78 Å². The summed E-state index contributed by atoms with van der Waals surface area (Å²) in [5, 5.41) is 4.22. The van der Waals surface area contributed by atoms with Gasteiger partial charge in [-0.25, -0.2) is 9.97 Å². The van der Waals surface area contributed by atoms with Crippen LogP contribution in [0.3, 0.4) is 0 Å². The van der Waals surface area contributed by atoms with E-state index in [0.29, 0.717) is 23.0 Å². The Balaban J connectivity index is 1.78. The summed E-state index contributed by atoms with van der Waals surface area (Å²) in [7, 11) is 0. The maximum atomic E-state index is 11.4. The van der Waals surface area contributed by atoms with Crippen LogP contribution in [-0.4, -0.2) is 15.8 Å². The number of nitrogens with zero attached hydrogens (tertiary/aromatic N) is 2. The van der Waals surface area contributed by atoms with Crippen LogP contribution in [0.25, 0.3) is 22.5 Å². The van der Waals surface area contributed by atoms with E-state index in [9.17, 15) is 4.79 Å². The van der Waals surface area contributed by atoms with Gasteiger partial charge in [0.2, 0.25) is 0 Å². The standard InChI is InChI=1S/C20H15N3O2/c1-13(24)14-8-10-15(11-9-14)21-19-16-5-2-3-6-17(16)22-20(23-19)18-7-4-12-25-18/h2-12H,1H3,(H,21,22,23). The van der Waals surface area contributed by atoms with Crippen molar-refractivity contribution < 1.29 is 9.21 Å². The molecule has 0 saturated carbocycles. The molecule has 0 unspecified atom stereocenters. The van der Waals surface area contributed by atoms with Gasteiger partial charge in [0.1, 0.15) is 5.82 Å². The number of benzene rings is 2. The van der Waals surface area contributed by atoms with Crippen LogP contribution < -0.4 is 5.32 Å². The fourth-order valence-electron chi connectivity index (χ4n) is 2.61. The predicted octanol–water partition coefficient (Wildman–Crippen LogP) is 4.84. The summed E-state index contributed by atoms with van der Waals surface area (Å²) in [4.78, 5) is 20.6. The van der Waals surface area contributed by atoms with Gasteiger partial charge >= 0.3 is 0 Å². The van der Waals surface area contributed by atoms with E-state index >= 15 is 0 Å². The van der Waals surface area contributed by atoms with E-state index in [1.54, 1.807) is 25.3 Å². The van der Waals surface area contributed by atoms with Crippen LogP contribution in [0.15, 0.2) is 71.3 Å². The van der Waals surface area contributed by atoms with E-state index in [1.807, 2.05) is 48.5 Å². The van der Waals surface area contributed by atoms with Crippen LogP contribution in [0.2, 0.25) is 0 Å². The molecule has 5 heteroatoms. The highest BCUT2D eigenvalue weighted by atomic mass is 16.3. The number of furan rings is 1. The Labute approximate surface area is 144 Å². The molecule has 2 aromatic carbocycles. The quantitative estimate of drug-likeness (QED) is 0.543. The summed E-state index contributed by atoms with van der Waals surface area (Å²) in [6.07, 6.45) is 1.60. The molecule has 0 spiro atoms. The zero-order valence-corrected chi connectivity index (χ0v) is 13.6. The lowest BCUT2D eigenvalue weighted by Crippen LogP contribution is -1.99. The molecule has 0 aliphatic rings. The van der Waals surface area contributed by atoms with E-state index in [1.165, 1.54) is 0 Å². The van der Waals surface area contributed by atoms with Crippen LogP contribution in [0.5, 0.6) is 0 Å². The minimum atomic E-state index is 0.0409. The molecule has 1 N–H and O–H groups in total. The normalized spacial score (nSPS) is 10.8. The Hall–Kier alpha value is -3.47. The third kappa shape index (κ3) is 2.99. The molecule has 4 aromatic rings. The molecule has 25 heavy (non-hydrogen) atoms. The molecule has 0 aliphatic heterocycles. The topological polar surface area (TPSA) is 68.0 Å². The molecule has 2 aromatic heterocycles. The van der Waals surface area contributed by atoms with Gasteiger partial charge < -0.3 is 9.73 Å². The average Bonchev–Trinajstić information content (AvgIpc) is 3.17. The number of hydrogen-bond acceptors (Lipinski definition) is 5. The highest BCUT2D eigenvalue weighted by Crippen LogP contribution is 2.27. The zero-order chi connectivity index (χ0) is 17.2. The summed E-state index contributed by atoms with van der Waals surface area (Å²) in [6.45, 7) is 1.55. The number of aromatic nitrogens is 2. The Morgan fingerprint density at radius 1 is 0.960 bits per heavy atom. The second kappa shape index (κ2) is 6.20. The van der Waals surface area contributed by atoms with E-state index in [0.717, 1.165) is 16.6 Å². The van der Waals surface area contributed by atoms with Crippen LogP contribution in [-0.2, 0) is 0 Å². The van der Waals surface area contributed by atoms with Crippen LogP contribution in [0.1, 0.15) is 17.3 Å². The Morgan fingerprint density at radius 2 is 1.76 bits per heavy atom. The van der Waals surface area contributed by atoms with Gasteiger partial charge in [0.25, 0.3) is 0 Å². The first kappa shape index (κ1) is 15.1. The molecule has 0 amide bonds. The maximum absolute atomic E-state index is 11.4. The zero-order valence-electron chi connectivity index (χ0n) is 13.6. The van der Waals surface area contributed by atoms with Crippen molar-refractivity contribution in [2.45, 2.75) is 6.92 Å². The number of carbonyl (C=O) groups is 1. The summed E-state index contributed by atoms with van der Waals surface area (Å²) >= 11 is 0. The van der Waals surface area contributed by atoms with Gasteiger partial charge in [-0.1, -0.05) is 12.1 Å². The number of fused-ring (bicyclic) bond motifs is 1. The highest BCUT2D eigenvalue weighted by molar-refractivity contribution is 5.95. The van der Waals surface area contributed by atoms with Crippen molar-refractivity contribution in [2.75, 3.05) is 5.32 Å². The molecule has 0 fully saturated rings. The van der Waals surface area contributed by atoms with Gasteiger partial charge in [0, 0.05) is 16.6 Å². The number of carbonyl (C=O) groups excluding carboxylic acids is 1. The van der Waals surface area contributed by atoms with Crippen molar-refractivity contribution in [3.63, 3.8) is 0 Å². The Bertz CT molecular complexity index is 1040. The average molecular weight is 329 g/mol. The van der Waals surface area contributed by atoms with Crippen LogP contribution in [0.4, 0.5) is 11.5 Å². The van der Waals surface area contributed by atoms with Gasteiger partial charge in [0.15, 0.2) is 17.4 Å². The van der Waals surface area contributed by atoms with E-state index in [4.69, 9.17) is 4.42 Å². The first-order valence-electron chi connectivity index (χ1n) is 7.89. The molecular formula is C20H15N3O2. The maximum Gasteiger partial charge on any atom is 0.198 e. The minimum Gasteiger partial charge on any atom is -0.461 e. The van der Waals surface area contributed by atoms with Gasteiger partial charge in [-0.05, 0) is 55.5 Å². The number of hydrogen-bond donors (Lipinski definition) is 1. The molecule has 0 saturated heterocycles. The second-order valence-corrected chi connectivity index (χ2v) is 5.65. The van der Waals surface area contributed by atoms with Crippen molar-refractivity contribution in [1.29, 1.82) is 0 Å². The molecule has 0 aliphatic carbocycles. The van der Waals surface area contributed by atoms with E-state index in [2.05, 4.69) is 15.3 Å². The number of anilines is 2. The lowest BCUT2D eigenvalue weighted by Gasteiger charge is -2.10. The molecular weight excluding hydrogens is 314 g/mol. The fraction of sp³-hybridized carbons (Fsp3) is 0.0500. The van der Waals surface area contributed by atoms with Gasteiger partial charge in [-0.15, -0.1) is 0 Å². The van der Waals surface area contributed by atoms with Crippen molar-refractivity contribution in [2.24, 2.45) is 0 Å². The lowest BCUT2D eigenvalue weighted by molar-refractivity contribution is 0.101. The summed E-state index contributed by atoms with van der Waals surface area (Å²) < 4.78 is 5.43. The molecule has 122 valence electrons. The minimum absolute atomic E-state index is 0.0409.